The molecule has 0 unspecified atom stereocenters. The molecule has 0 radical (unpaired) electrons. The highest BCUT2D eigenvalue weighted by atomic mass is 35.5. The number of anilines is 1. The van der Waals surface area contributed by atoms with Crippen LogP contribution in [0.5, 0.6) is 0 Å². The molecule has 1 amide bonds. The predicted molar refractivity (Wildman–Crippen MR) is 88.1 cm³/mol. The van der Waals surface area contributed by atoms with Crippen molar-refractivity contribution in [2.24, 2.45) is 11.7 Å². The van der Waals surface area contributed by atoms with Gasteiger partial charge in [-0.3, -0.25) is 9.69 Å². The van der Waals surface area contributed by atoms with Gasteiger partial charge in [-0.25, -0.2) is 4.98 Å². The van der Waals surface area contributed by atoms with Crippen molar-refractivity contribution < 1.29 is 9.32 Å². The minimum Gasteiger partial charge on any atom is -0.338 e. The lowest BCUT2D eigenvalue weighted by Gasteiger charge is -2.30. The van der Waals surface area contributed by atoms with Crippen LogP contribution in [0.1, 0.15) is 24.6 Å². The van der Waals surface area contributed by atoms with E-state index in [1.54, 1.807) is 12.1 Å². The molecule has 3 heterocycles. The summed E-state index contributed by atoms with van der Waals surface area (Å²) in [5.74, 6) is 1.56. The van der Waals surface area contributed by atoms with E-state index in [1.807, 2.05) is 0 Å². The van der Waals surface area contributed by atoms with Gasteiger partial charge in [0.05, 0.1) is 18.1 Å². The van der Waals surface area contributed by atoms with Gasteiger partial charge in [-0.2, -0.15) is 4.98 Å². The molecule has 0 spiro atoms. The third-order valence-electron chi connectivity index (χ3n) is 3.99. The first-order valence-electron chi connectivity index (χ1n) is 7.80. The Morgan fingerprint density at radius 3 is 2.83 bits per heavy atom. The largest absolute Gasteiger partial charge is 0.338 e. The van der Waals surface area contributed by atoms with Gasteiger partial charge >= 0.3 is 0 Å². The van der Waals surface area contributed by atoms with Crippen LogP contribution >= 0.6 is 11.6 Å². The zero-order chi connectivity index (χ0) is 16.9. The van der Waals surface area contributed by atoms with Gasteiger partial charge in [0.15, 0.2) is 5.82 Å². The molecule has 3 rings (SSSR count). The van der Waals surface area contributed by atoms with E-state index in [4.69, 9.17) is 21.9 Å². The number of nitrogens with two attached hydrogens (primary N) is 1. The third kappa shape index (κ3) is 4.28. The molecule has 2 aromatic rings. The Kier molecular flexibility index (Phi) is 5.39. The number of hydrogen-bond donors (Lipinski definition) is 2. The molecule has 128 valence electrons. The van der Waals surface area contributed by atoms with E-state index in [1.165, 1.54) is 6.20 Å². The van der Waals surface area contributed by atoms with E-state index in [2.05, 4.69) is 25.3 Å². The van der Waals surface area contributed by atoms with E-state index in [-0.39, 0.29) is 18.4 Å². The Morgan fingerprint density at radius 1 is 1.42 bits per heavy atom. The van der Waals surface area contributed by atoms with Crippen LogP contribution in [-0.2, 0) is 17.9 Å². The molecular formula is C15H19ClN6O2. The number of nitrogens with zero attached hydrogens (tertiary/aromatic N) is 4. The van der Waals surface area contributed by atoms with Crippen LogP contribution in [0.2, 0.25) is 5.02 Å². The maximum absolute atomic E-state index is 12.3. The number of aromatic nitrogens is 3. The number of pyridine rings is 1. The number of amides is 1. The summed E-state index contributed by atoms with van der Waals surface area (Å²) in [6, 6.07) is 3.40. The first-order chi connectivity index (χ1) is 11.6. The second-order valence-corrected chi connectivity index (χ2v) is 6.15. The fraction of sp³-hybridized carbons (Fsp3) is 0.467. The summed E-state index contributed by atoms with van der Waals surface area (Å²) in [4.78, 5) is 22.8. The average Bonchev–Trinajstić information content (AvgIpc) is 3.05. The standard InChI is InChI=1S/C15H19ClN6O2/c16-11-1-2-12(18-8-11)20-15(23)10-3-5-22(6-4-10)9-13-19-14(7-17)24-21-13/h1-2,8,10H,3-7,9,17H2,(H,18,20,23). The Balaban J connectivity index is 1.47. The molecule has 1 aliphatic heterocycles. The number of carbonyl (C=O) groups is 1. The van der Waals surface area contributed by atoms with Crippen LogP contribution in [0.25, 0.3) is 0 Å². The maximum atomic E-state index is 12.3. The smallest absolute Gasteiger partial charge is 0.240 e. The Labute approximate surface area is 144 Å². The van der Waals surface area contributed by atoms with Crippen molar-refractivity contribution in [3.05, 3.63) is 35.1 Å². The molecular weight excluding hydrogens is 332 g/mol. The predicted octanol–water partition coefficient (Wildman–Crippen LogP) is 1.43. The number of nitrogens with one attached hydrogen (secondary N) is 1. The summed E-state index contributed by atoms with van der Waals surface area (Å²) in [7, 11) is 0. The molecule has 1 saturated heterocycles. The second-order valence-electron chi connectivity index (χ2n) is 5.71. The molecule has 0 aromatic carbocycles. The van der Waals surface area contributed by atoms with Gasteiger partial charge in [0.25, 0.3) is 0 Å². The van der Waals surface area contributed by atoms with Gasteiger partial charge in [-0.15, -0.1) is 0 Å². The number of likely N-dealkylation sites (tertiary alicyclic amines) is 1. The molecule has 1 aliphatic rings. The number of rotatable bonds is 5. The maximum Gasteiger partial charge on any atom is 0.240 e. The van der Waals surface area contributed by atoms with E-state index in [9.17, 15) is 4.79 Å². The summed E-state index contributed by atoms with van der Waals surface area (Å²) >= 11 is 5.79. The summed E-state index contributed by atoms with van der Waals surface area (Å²) in [6.45, 7) is 2.46. The highest BCUT2D eigenvalue weighted by Gasteiger charge is 2.26. The Bertz CT molecular complexity index is 682. The zero-order valence-corrected chi connectivity index (χ0v) is 13.9. The minimum atomic E-state index is -0.0244. The molecule has 0 saturated carbocycles. The number of hydrogen-bond acceptors (Lipinski definition) is 7. The topological polar surface area (TPSA) is 110 Å². The van der Waals surface area contributed by atoms with Crippen LogP contribution in [-0.4, -0.2) is 39.0 Å². The van der Waals surface area contributed by atoms with E-state index in [0.717, 1.165) is 25.9 Å². The van der Waals surface area contributed by atoms with Crippen molar-refractivity contribution in [1.82, 2.24) is 20.0 Å². The lowest BCUT2D eigenvalue weighted by Crippen LogP contribution is -2.38. The SMILES string of the molecule is NCc1nc(CN2CCC(C(=O)Nc3ccc(Cl)cn3)CC2)no1. The quantitative estimate of drug-likeness (QED) is 0.839. The zero-order valence-electron chi connectivity index (χ0n) is 13.1. The van der Waals surface area contributed by atoms with Gasteiger partial charge in [-0.05, 0) is 38.1 Å². The van der Waals surface area contributed by atoms with Crippen LogP contribution in [0.3, 0.4) is 0 Å². The second kappa shape index (κ2) is 7.69. The molecule has 0 atom stereocenters. The van der Waals surface area contributed by atoms with Gasteiger partial charge in [0, 0.05) is 12.1 Å². The summed E-state index contributed by atoms with van der Waals surface area (Å²) in [5.41, 5.74) is 5.45. The monoisotopic (exact) mass is 350 g/mol. The van der Waals surface area contributed by atoms with Crippen molar-refractivity contribution in [1.29, 1.82) is 0 Å². The normalized spacial score (nSPS) is 16.2. The highest BCUT2D eigenvalue weighted by Crippen LogP contribution is 2.20. The highest BCUT2D eigenvalue weighted by molar-refractivity contribution is 6.30. The number of halogens is 1. The molecule has 9 heteroatoms. The minimum absolute atomic E-state index is 0.00514. The average molecular weight is 351 g/mol. The van der Waals surface area contributed by atoms with Crippen LogP contribution in [0, 0.1) is 5.92 Å². The van der Waals surface area contributed by atoms with Gasteiger partial charge in [0.1, 0.15) is 5.82 Å². The molecule has 24 heavy (non-hydrogen) atoms. The molecule has 2 aromatic heterocycles. The van der Waals surface area contributed by atoms with Crippen molar-refractivity contribution in [2.75, 3.05) is 18.4 Å². The third-order valence-corrected chi connectivity index (χ3v) is 4.21. The van der Waals surface area contributed by atoms with Crippen molar-refractivity contribution in [3.63, 3.8) is 0 Å². The Hall–Kier alpha value is -2.03. The first kappa shape index (κ1) is 16.8. The van der Waals surface area contributed by atoms with E-state index >= 15 is 0 Å². The molecule has 0 aliphatic carbocycles. The fourth-order valence-corrected chi connectivity index (χ4v) is 2.78. The number of piperidine rings is 1. The molecule has 8 nitrogen and oxygen atoms in total. The van der Waals surface area contributed by atoms with Crippen molar-refractivity contribution >= 4 is 23.3 Å². The molecule has 1 fully saturated rings. The van der Waals surface area contributed by atoms with Crippen molar-refractivity contribution in [3.8, 4) is 0 Å². The summed E-state index contributed by atoms with van der Waals surface area (Å²) < 4.78 is 5.00. The van der Waals surface area contributed by atoms with E-state index in [0.29, 0.717) is 29.1 Å². The van der Waals surface area contributed by atoms with Gasteiger partial charge in [-0.1, -0.05) is 16.8 Å². The van der Waals surface area contributed by atoms with Crippen molar-refractivity contribution in [2.45, 2.75) is 25.9 Å². The van der Waals surface area contributed by atoms with Crippen LogP contribution in [0.15, 0.2) is 22.9 Å². The summed E-state index contributed by atoms with van der Waals surface area (Å²) in [6.07, 6.45) is 3.07. The number of carbonyl (C=O) groups excluding carboxylic acids is 1. The van der Waals surface area contributed by atoms with Gasteiger partial charge in [0.2, 0.25) is 11.8 Å². The lowest BCUT2D eigenvalue weighted by atomic mass is 9.96. The van der Waals surface area contributed by atoms with Crippen LogP contribution < -0.4 is 11.1 Å². The first-order valence-corrected chi connectivity index (χ1v) is 8.18. The Morgan fingerprint density at radius 2 is 2.21 bits per heavy atom. The van der Waals surface area contributed by atoms with Gasteiger partial charge < -0.3 is 15.6 Å². The lowest BCUT2D eigenvalue weighted by molar-refractivity contribution is -0.121. The molecule has 0 bridgehead atoms. The van der Waals surface area contributed by atoms with E-state index < -0.39 is 0 Å². The fourth-order valence-electron chi connectivity index (χ4n) is 2.67. The summed E-state index contributed by atoms with van der Waals surface area (Å²) in [5, 5.41) is 7.27. The van der Waals surface area contributed by atoms with Crippen LogP contribution in [0.4, 0.5) is 5.82 Å². The molecule has 3 N–H and O–H groups in total.